The summed E-state index contributed by atoms with van der Waals surface area (Å²) in [6.45, 7) is 0.675. The third-order valence-corrected chi connectivity index (χ3v) is 7.43. The van der Waals surface area contributed by atoms with Crippen molar-refractivity contribution in [2.75, 3.05) is 7.11 Å². The molecule has 0 spiro atoms. The number of ether oxygens (including phenoxy) is 2. The van der Waals surface area contributed by atoms with Crippen LogP contribution >= 0.6 is 11.3 Å². The van der Waals surface area contributed by atoms with E-state index in [1.54, 1.807) is 43.1 Å². The molecule has 2 aromatic heterocycles. The van der Waals surface area contributed by atoms with Gasteiger partial charge in [0.05, 0.1) is 25.1 Å². The lowest BCUT2D eigenvalue weighted by Gasteiger charge is -2.16. The maximum atomic E-state index is 11.3. The van der Waals surface area contributed by atoms with Crippen LogP contribution in [0.15, 0.2) is 67.3 Å². The van der Waals surface area contributed by atoms with E-state index in [1.807, 2.05) is 29.0 Å². The maximum absolute atomic E-state index is 11.3. The van der Waals surface area contributed by atoms with Crippen LogP contribution < -0.4 is 9.47 Å². The Kier molecular flexibility index (Phi) is 6.36. The highest BCUT2D eigenvalue weighted by molar-refractivity contribution is 7.19. The molecule has 4 aromatic rings. The minimum absolute atomic E-state index is 0.243. The van der Waals surface area contributed by atoms with Gasteiger partial charge in [-0.1, -0.05) is 12.1 Å². The molecule has 0 amide bonds. The molecule has 174 valence electrons. The second-order valence-electron chi connectivity index (χ2n) is 8.47. The van der Waals surface area contributed by atoms with Gasteiger partial charge in [-0.3, -0.25) is 0 Å². The van der Waals surface area contributed by atoms with Gasteiger partial charge in [0.2, 0.25) is 0 Å². The van der Waals surface area contributed by atoms with E-state index in [4.69, 9.17) is 9.47 Å². The normalized spacial score (nSPS) is 13.8. The standard InChI is InChI=1S/C27H26N2O4S/c1-32-23-11-10-20(14-24(23)33-22-4-2-3-5-22)25-15-21(16-29-13-12-28-17-29)26(34-25)18-6-8-19(9-7-18)27(30)31/h6-15,17,22H,2-5,16H2,1H3,(H,30,31). The average molecular weight is 475 g/mol. The van der Waals surface area contributed by atoms with Gasteiger partial charge in [-0.05, 0) is 78.8 Å². The average Bonchev–Trinajstić information content (AvgIpc) is 3.62. The molecule has 1 saturated carbocycles. The number of methoxy groups -OCH3 is 1. The van der Waals surface area contributed by atoms with E-state index in [0.29, 0.717) is 6.54 Å². The molecule has 1 aliphatic rings. The van der Waals surface area contributed by atoms with E-state index in [-0.39, 0.29) is 11.7 Å². The van der Waals surface area contributed by atoms with Crippen LogP contribution in [-0.4, -0.2) is 33.8 Å². The largest absolute Gasteiger partial charge is 0.493 e. The Morgan fingerprint density at radius 3 is 2.53 bits per heavy atom. The van der Waals surface area contributed by atoms with Gasteiger partial charge in [0.1, 0.15) is 0 Å². The number of aromatic carboxylic acids is 1. The first kappa shape index (κ1) is 22.2. The van der Waals surface area contributed by atoms with Crippen LogP contribution in [0.2, 0.25) is 0 Å². The van der Waals surface area contributed by atoms with Crippen molar-refractivity contribution in [3.05, 3.63) is 78.4 Å². The Bertz CT molecular complexity index is 1270. The fourth-order valence-corrected chi connectivity index (χ4v) is 5.56. The number of carbonyl (C=O) groups is 1. The molecule has 7 heteroatoms. The van der Waals surface area contributed by atoms with Gasteiger partial charge in [0.15, 0.2) is 11.5 Å². The number of carboxylic acid groups (broad SMARTS) is 1. The number of nitrogens with zero attached hydrogens (tertiary/aromatic N) is 2. The van der Waals surface area contributed by atoms with E-state index in [9.17, 15) is 9.90 Å². The van der Waals surface area contributed by atoms with Gasteiger partial charge in [0.25, 0.3) is 0 Å². The van der Waals surface area contributed by atoms with Crippen molar-refractivity contribution in [1.82, 2.24) is 9.55 Å². The van der Waals surface area contributed by atoms with Gasteiger partial charge >= 0.3 is 5.97 Å². The minimum Gasteiger partial charge on any atom is -0.493 e. The highest BCUT2D eigenvalue weighted by Gasteiger charge is 2.20. The molecule has 5 rings (SSSR count). The van der Waals surface area contributed by atoms with Gasteiger partial charge in [-0.15, -0.1) is 11.3 Å². The molecule has 34 heavy (non-hydrogen) atoms. The summed E-state index contributed by atoms with van der Waals surface area (Å²) >= 11 is 1.69. The van der Waals surface area contributed by atoms with Gasteiger partial charge in [-0.2, -0.15) is 0 Å². The van der Waals surface area contributed by atoms with Gasteiger partial charge < -0.3 is 19.1 Å². The van der Waals surface area contributed by atoms with E-state index in [1.165, 1.54) is 12.8 Å². The SMILES string of the molecule is COc1ccc(-c2cc(Cn3ccnc3)c(-c3ccc(C(=O)O)cc3)s2)cc1OC1CCCC1. The second kappa shape index (κ2) is 9.73. The van der Waals surface area contributed by atoms with E-state index < -0.39 is 5.97 Å². The molecule has 0 atom stereocenters. The number of rotatable bonds is 8. The Morgan fingerprint density at radius 1 is 1.09 bits per heavy atom. The smallest absolute Gasteiger partial charge is 0.335 e. The predicted octanol–water partition coefficient (Wildman–Crippen LogP) is 6.36. The van der Waals surface area contributed by atoms with Crippen LogP contribution in [0.3, 0.4) is 0 Å². The molecule has 2 aromatic carbocycles. The molecule has 0 aliphatic heterocycles. The van der Waals surface area contributed by atoms with Crippen LogP contribution in [0.1, 0.15) is 41.6 Å². The lowest BCUT2D eigenvalue weighted by molar-refractivity contribution is 0.0697. The number of thiophene rings is 1. The van der Waals surface area contributed by atoms with Crippen molar-refractivity contribution >= 4 is 17.3 Å². The number of carboxylic acids is 1. The van der Waals surface area contributed by atoms with Crippen LogP contribution in [0.25, 0.3) is 20.9 Å². The molecule has 0 radical (unpaired) electrons. The summed E-state index contributed by atoms with van der Waals surface area (Å²) in [4.78, 5) is 17.7. The molecule has 0 unspecified atom stereocenters. The summed E-state index contributed by atoms with van der Waals surface area (Å²) in [5.41, 5.74) is 3.49. The first-order valence-electron chi connectivity index (χ1n) is 11.4. The van der Waals surface area contributed by atoms with Crippen LogP contribution in [0.5, 0.6) is 11.5 Å². The zero-order valence-corrected chi connectivity index (χ0v) is 19.8. The van der Waals surface area contributed by atoms with Crippen molar-refractivity contribution in [3.63, 3.8) is 0 Å². The van der Waals surface area contributed by atoms with E-state index in [0.717, 1.165) is 50.8 Å². The summed E-state index contributed by atoms with van der Waals surface area (Å²) in [5, 5.41) is 9.27. The maximum Gasteiger partial charge on any atom is 0.335 e. The summed E-state index contributed by atoms with van der Waals surface area (Å²) in [6, 6.07) is 15.4. The highest BCUT2D eigenvalue weighted by atomic mass is 32.1. The lowest BCUT2D eigenvalue weighted by Crippen LogP contribution is -2.11. The summed E-state index contributed by atoms with van der Waals surface area (Å²) < 4.78 is 13.9. The van der Waals surface area contributed by atoms with Crippen molar-refractivity contribution in [3.8, 4) is 32.4 Å². The first-order chi connectivity index (χ1) is 16.6. The number of aromatic nitrogens is 2. The molecule has 0 bridgehead atoms. The third kappa shape index (κ3) is 4.70. The van der Waals surface area contributed by atoms with Crippen LogP contribution in [-0.2, 0) is 6.54 Å². The second-order valence-corrected chi connectivity index (χ2v) is 9.52. The monoisotopic (exact) mass is 474 g/mol. The van der Waals surface area contributed by atoms with Crippen molar-refractivity contribution in [1.29, 1.82) is 0 Å². The predicted molar refractivity (Wildman–Crippen MR) is 133 cm³/mol. The van der Waals surface area contributed by atoms with E-state index >= 15 is 0 Å². The molecule has 6 nitrogen and oxygen atoms in total. The fourth-order valence-electron chi connectivity index (χ4n) is 4.38. The fraction of sp³-hybridized carbons (Fsp3) is 0.259. The summed E-state index contributed by atoms with van der Waals surface area (Å²) in [5.74, 6) is 0.601. The highest BCUT2D eigenvalue weighted by Crippen LogP contribution is 2.42. The van der Waals surface area contributed by atoms with Crippen molar-refractivity contribution < 1.29 is 19.4 Å². The van der Waals surface area contributed by atoms with Crippen LogP contribution in [0.4, 0.5) is 0 Å². The third-order valence-electron chi connectivity index (χ3n) is 6.16. The Balaban J connectivity index is 1.53. The van der Waals surface area contributed by atoms with Crippen molar-refractivity contribution in [2.24, 2.45) is 0 Å². The molecule has 0 saturated heterocycles. The quantitative estimate of drug-likeness (QED) is 0.322. The van der Waals surface area contributed by atoms with Crippen LogP contribution in [0, 0.1) is 0 Å². The Morgan fingerprint density at radius 2 is 1.85 bits per heavy atom. The molecular formula is C27H26N2O4S. The summed E-state index contributed by atoms with van der Waals surface area (Å²) in [6.07, 6.45) is 10.3. The lowest BCUT2D eigenvalue weighted by atomic mass is 10.1. The number of hydrogen-bond acceptors (Lipinski definition) is 5. The first-order valence-corrected chi connectivity index (χ1v) is 12.2. The molecule has 2 heterocycles. The Labute approximate surface area is 202 Å². The minimum atomic E-state index is -0.926. The van der Waals surface area contributed by atoms with E-state index in [2.05, 4.69) is 23.2 Å². The molecular weight excluding hydrogens is 448 g/mol. The van der Waals surface area contributed by atoms with Crippen molar-refractivity contribution in [2.45, 2.75) is 38.3 Å². The zero-order chi connectivity index (χ0) is 23.5. The summed E-state index contributed by atoms with van der Waals surface area (Å²) in [7, 11) is 1.67. The van der Waals surface area contributed by atoms with Gasteiger partial charge in [0, 0.05) is 28.7 Å². The molecule has 1 aliphatic carbocycles. The van der Waals surface area contributed by atoms with Gasteiger partial charge in [-0.25, -0.2) is 9.78 Å². The Hall–Kier alpha value is -3.58. The number of hydrogen-bond donors (Lipinski definition) is 1. The molecule has 1 fully saturated rings. The topological polar surface area (TPSA) is 73.6 Å². The molecule has 1 N–H and O–H groups in total. The number of benzene rings is 2. The number of imidazole rings is 1. The zero-order valence-electron chi connectivity index (χ0n) is 18.9.